The van der Waals surface area contributed by atoms with Crippen LogP contribution in [-0.2, 0) is 0 Å². The van der Waals surface area contributed by atoms with Crippen molar-refractivity contribution in [3.05, 3.63) is 12.4 Å². The summed E-state index contributed by atoms with van der Waals surface area (Å²) in [5.41, 5.74) is 0. The van der Waals surface area contributed by atoms with Crippen molar-refractivity contribution in [3.8, 4) is 0 Å². The van der Waals surface area contributed by atoms with E-state index in [1.165, 1.54) is 25.8 Å². The predicted molar refractivity (Wildman–Crippen MR) is 73.0 cm³/mol. The monoisotopic (exact) mass is 247 g/mol. The van der Waals surface area contributed by atoms with E-state index in [0.717, 1.165) is 31.3 Å². The molecule has 2 aliphatic rings. The highest BCUT2D eigenvalue weighted by Crippen LogP contribution is 2.24. The Balaban J connectivity index is 1.72. The molecule has 1 aromatic heterocycles. The lowest BCUT2D eigenvalue weighted by atomic mass is 9.99. The van der Waals surface area contributed by atoms with Gasteiger partial charge in [0.1, 0.15) is 11.6 Å². The molecule has 2 fully saturated rings. The number of piperidine rings is 1. The number of aromatic nitrogens is 2. The molecule has 1 unspecified atom stereocenters. The summed E-state index contributed by atoms with van der Waals surface area (Å²) in [4.78, 5) is 13.9. The third kappa shape index (κ3) is 2.27. The first kappa shape index (κ1) is 11.7. The standard InChI is InChI=1S/C13H21N5/c1-14-12-8-15-9-13(16-12)18-7-6-17-5-3-2-4-11(17)10-18/h8-9,11H,2-7,10H2,1H3,(H,14,16). The molecule has 98 valence electrons. The van der Waals surface area contributed by atoms with Crippen LogP contribution in [0.25, 0.3) is 0 Å². The van der Waals surface area contributed by atoms with Gasteiger partial charge in [-0.25, -0.2) is 4.98 Å². The Morgan fingerprint density at radius 1 is 1.22 bits per heavy atom. The smallest absolute Gasteiger partial charge is 0.149 e. The largest absolute Gasteiger partial charge is 0.372 e. The molecule has 5 nitrogen and oxygen atoms in total. The number of nitrogens with zero attached hydrogens (tertiary/aromatic N) is 4. The Bertz CT molecular complexity index is 408. The van der Waals surface area contributed by atoms with Gasteiger partial charge in [-0.1, -0.05) is 6.42 Å². The van der Waals surface area contributed by atoms with Crippen LogP contribution in [0.5, 0.6) is 0 Å². The molecule has 0 spiro atoms. The molecule has 2 aliphatic heterocycles. The maximum atomic E-state index is 4.59. The summed E-state index contributed by atoms with van der Waals surface area (Å²) in [7, 11) is 1.88. The minimum absolute atomic E-state index is 0.715. The Morgan fingerprint density at radius 2 is 2.17 bits per heavy atom. The molecule has 0 saturated carbocycles. The molecule has 0 bridgehead atoms. The SMILES string of the molecule is CNc1cncc(N2CCN3CCCCC3C2)n1. The zero-order valence-corrected chi connectivity index (χ0v) is 11.0. The highest BCUT2D eigenvalue weighted by Gasteiger charge is 2.29. The number of rotatable bonds is 2. The first-order chi connectivity index (χ1) is 8.86. The maximum Gasteiger partial charge on any atom is 0.149 e. The van der Waals surface area contributed by atoms with E-state index in [1.807, 2.05) is 13.2 Å². The van der Waals surface area contributed by atoms with Gasteiger partial charge in [-0.3, -0.25) is 9.88 Å². The molecule has 0 amide bonds. The molecule has 0 aromatic carbocycles. The van der Waals surface area contributed by atoms with Gasteiger partial charge in [-0.15, -0.1) is 0 Å². The fraction of sp³-hybridized carbons (Fsp3) is 0.692. The van der Waals surface area contributed by atoms with Crippen molar-refractivity contribution in [3.63, 3.8) is 0 Å². The second kappa shape index (κ2) is 5.10. The number of hydrogen-bond acceptors (Lipinski definition) is 5. The van der Waals surface area contributed by atoms with E-state index in [9.17, 15) is 0 Å². The lowest BCUT2D eigenvalue weighted by Crippen LogP contribution is -2.55. The van der Waals surface area contributed by atoms with Gasteiger partial charge in [0.15, 0.2) is 0 Å². The molecule has 3 rings (SSSR count). The second-order valence-corrected chi connectivity index (χ2v) is 5.14. The summed E-state index contributed by atoms with van der Waals surface area (Å²) in [5, 5.41) is 3.05. The van der Waals surface area contributed by atoms with Gasteiger partial charge in [0.2, 0.25) is 0 Å². The number of hydrogen-bond donors (Lipinski definition) is 1. The van der Waals surface area contributed by atoms with Crippen LogP contribution in [-0.4, -0.2) is 54.1 Å². The van der Waals surface area contributed by atoms with Gasteiger partial charge < -0.3 is 10.2 Å². The molecule has 5 heteroatoms. The zero-order chi connectivity index (χ0) is 12.4. The average molecular weight is 247 g/mol. The van der Waals surface area contributed by atoms with Crippen molar-refractivity contribution in [2.75, 3.05) is 43.4 Å². The van der Waals surface area contributed by atoms with Crippen molar-refractivity contribution in [1.82, 2.24) is 14.9 Å². The number of anilines is 2. The Hall–Kier alpha value is -1.36. The fourth-order valence-electron chi connectivity index (χ4n) is 2.99. The lowest BCUT2D eigenvalue weighted by molar-refractivity contribution is 0.133. The molecule has 0 radical (unpaired) electrons. The molecule has 1 atom stereocenters. The minimum atomic E-state index is 0.715. The van der Waals surface area contributed by atoms with E-state index in [0.29, 0.717) is 6.04 Å². The number of piperazine rings is 1. The summed E-state index contributed by atoms with van der Waals surface area (Å²) in [6.45, 7) is 4.61. The van der Waals surface area contributed by atoms with E-state index in [4.69, 9.17) is 0 Å². The summed E-state index contributed by atoms with van der Waals surface area (Å²) in [5.74, 6) is 1.85. The van der Waals surface area contributed by atoms with Gasteiger partial charge in [0.25, 0.3) is 0 Å². The van der Waals surface area contributed by atoms with Gasteiger partial charge >= 0.3 is 0 Å². The first-order valence-electron chi connectivity index (χ1n) is 6.85. The number of nitrogens with one attached hydrogen (secondary N) is 1. The molecule has 1 aromatic rings. The predicted octanol–water partition coefficient (Wildman–Crippen LogP) is 1.19. The molecule has 3 heterocycles. The fourth-order valence-corrected chi connectivity index (χ4v) is 2.99. The van der Waals surface area contributed by atoms with Crippen molar-refractivity contribution in [2.45, 2.75) is 25.3 Å². The van der Waals surface area contributed by atoms with Crippen molar-refractivity contribution in [2.24, 2.45) is 0 Å². The van der Waals surface area contributed by atoms with Crippen LogP contribution in [0.1, 0.15) is 19.3 Å². The van der Waals surface area contributed by atoms with Crippen LogP contribution in [0.15, 0.2) is 12.4 Å². The zero-order valence-electron chi connectivity index (χ0n) is 11.0. The van der Waals surface area contributed by atoms with Crippen molar-refractivity contribution < 1.29 is 0 Å². The van der Waals surface area contributed by atoms with E-state index >= 15 is 0 Å². The molecular weight excluding hydrogens is 226 g/mol. The van der Waals surface area contributed by atoms with E-state index < -0.39 is 0 Å². The van der Waals surface area contributed by atoms with Crippen LogP contribution in [0.4, 0.5) is 11.6 Å². The Labute approximate surface area is 108 Å². The topological polar surface area (TPSA) is 44.3 Å². The van der Waals surface area contributed by atoms with Crippen LogP contribution in [0.2, 0.25) is 0 Å². The van der Waals surface area contributed by atoms with Crippen LogP contribution < -0.4 is 10.2 Å². The first-order valence-corrected chi connectivity index (χ1v) is 6.85. The summed E-state index contributed by atoms with van der Waals surface area (Å²) in [6.07, 6.45) is 7.71. The molecular formula is C13H21N5. The van der Waals surface area contributed by atoms with E-state index in [2.05, 4.69) is 25.1 Å². The van der Waals surface area contributed by atoms with Gasteiger partial charge in [-0.2, -0.15) is 0 Å². The van der Waals surface area contributed by atoms with Crippen LogP contribution in [0.3, 0.4) is 0 Å². The van der Waals surface area contributed by atoms with Crippen LogP contribution in [0, 0.1) is 0 Å². The number of fused-ring (bicyclic) bond motifs is 1. The highest BCUT2D eigenvalue weighted by atomic mass is 15.3. The summed E-state index contributed by atoms with van der Waals surface area (Å²) < 4.78 is 0. The Kier molecular flexibility index (Phi) is 3.32. The van der Waals surface area contributed by atoms with Crippen molar-refractivity contribution in [1.29, 1.82) is 0 Å². The summed E-state index contributed by atoms with van der Waals surface area (Å²) >= 11 is 0. The minimum Gasteiger partial charge on any atom is -0.372 e. The van der Waals surface area contributed by atoms with Crippen molar-refractivity contribution >= 4 is 11.6 Å². The van der Waals surface area contributed by atoms with Gasteiger partial charge in [0, 0.05) is 32.7 Å². The molecule has 18 heavy (non-hydrogen) atoms. The van der Waals surface area contributed by atoms with E-state index in [-0.39, 0.29) is 0 Å². The second-order valence-electron chi connectivity index (χ2n) is 5.14. The maximum absolute atomic E-state index is 4.59. The van der Waals surface area contributed by atoms with Gasteiger partial charge in [0.05, 0.1) is 12.4 Å². The molecule has 2 saturated heterocycles. The van der Waals surface area contributed by atoms with Gasteiger partial charge in [-0.05, 0) is 19.4 Å². The summed E-state index contributed by atoms with van der Waals surface area (Å²) in [6, 6.07) is 0.715. The molecule has 1 N–H and O–H groups in total. The third-order valence-corrected chi connectivity index (χ3v) is 4.04. The lowest BCUT2D eigenvalue weighted by Gasteiger charge is -2.44. The van der Waals surface area contributed by atoms with E-state index in [1.54, 1.807) is 6.20 Å². The highest BCUT2D eigenvalue weighted by molar-refractivity contribution is 5.44. The Morgan fingerprint density at radius 3 is 3.06 bits per heavy atom. The quantitative estimate of drug-likeness (QED) is 0.850. The molecule has 0 aliphatic carbocycles. The average Bonchev–Trinajstić information content (AvgIpc) is 2.47. The third-order valence-electron chi connectivity index (χ3n) is 4.04. The van der Waals surface area contributed by atoms with Crippen LogP contribution >= 0.6 is 0 Å². The normalized spacial score (nSPS) is 24.7.